The highest BCUT2D eigenvalue weighted by molar-refractivity contribution is 5.80. The Hall–Kier alpha value is -2.43. The number of fused-ring (bicyclic) bond motifs is 1. The molecule has 0 saturated carbocycles. The maximum absolute atomic E-state index is 13.8. The zero-order chi connectivity index (χ0) is 12.7. The Morgan fingerprint density at radius 3 is 2.33 bits per heavy atom. The number of nitrogens with two attached hydrogens (primary N) is 1. The first-order chi connectivity index (χ1) is 8.68. The van der Waals surface area contributed by atoms with Crippen molar-refractivity contribution >= 4 is 17.0 Å². The van der Waals surface area contributed by atoms with E-state index in [0.717, 1.165) is 0 Å². The molecule has 0 unspecified atom stereocenters. The third-order valence-electron chi connectivity index (χ3n) is 2.75. The number of nitrogen functional groups attached to an aromatic ring is 1. The summed E-state index contributed by atoms with van der Waals surface area (Å²) in [4.78, 5) is 4.08. The number of halogens is 2. The number of hydrogen-bond donors (Lipinski definition) is 1. The summed E-state index contributed by atoms with van der Waals surface area (Å²) >= 11 is 0. The minimum Gasteiger partial charge on any atom is -0.369 e. The Kier molecular flexibility index (Phi) is 2.26. The molecule has 90 valence electrons. The zero-order valence-corrected chi connectivity index (χ0v) is 9.27. The molecule has 0 bridgehead atoms. The van der Waals surface area contributed by atoms with Crippen LogP contribution >= 0.6 is 0 Å². The van der Waals surface area contributed by atoms with Crippen LogP contribution in [0.15, 0.2) is 42.5 Å². The third kappa shape index (κ3) is 1.44. The van der Waals surface area contributed by atoms with Crippen LogP contribution in [0, 0.1) is 11.6 Å². The predicted molar refractivity (Wildman–Crippen MR) is 65.4 cm³/mol. The standard InChI is InChI=1S/C13H9F2N3/c14-8-4-3-5-9(15)12(8)18-11-7-2-1-6-10(11)17-13(18)16/h1-7H,(H2,16,17). The van der Waals surface area contributed by atoms with Gasteiger partial charge in [0.2, 0.25) is 5.95 Å². The quantitative estimate of drug-likeness (QED) is 0.716. The molecule has 0 aliphatic carbocycles. The molecule has 0 atom stereocenters. The fourth-order valence-corrected chi connectivity index (χ4v) is 1.98. The molecule has 1 heterocycles. The van der Waals surface area contributed by atoms with Crippen molar-refractivity contribution in [1.82, 2.24) is 9.55 Å². The summed E-state index contributed by atoms with van der Waals surface area (Å²) in [5, 5.41) is 0. The lowest BCUT2D eigenvalue weighted by Crippen LogP contribution is -2.05. The van der Waals surface area contributed by atoms with Crippen molar-refractivity contribution in [3.05, 3.63) is 54.1 Å². The van der Waals surface area contributed by atoms with Crippen molar-refractivity contribution < 1.29 is 8.78 Å². The van der Waals surface area contributed by atoms with E-state index in [0.29, 0.717) is 11.0 Å². The largest absolute Gasteiger partial charge is 0.369 e. The van der Waals surface area contributed by atoms with Crippen LogP contribution in [0.2, 0.25) is 0 Å². The summed E-state index contributed by atoms with van der Waals surface area (Å²) in [6.07, 6.45) is 0. The second-order valence-corrected chi connectivity index (χ2v) is 3.86. The van der Waals surface area contributed by atoms with E-state index in [-0.39, 0.29) is 11.6 Å². The summed E-state index contributed by atoms with van der Waals surface area (Å²) in [6, 6.07) is 10.7. The number of nitrogens with zero attached hydrogens (tertiary/aromatic N) is 2. The van der Waals surface area contributed by atoms with Gasteiger partial charge in [0.15, 0.2) is 0 Å². The van der Waals surface area contributed by atoms with E-state index < -0.39 is 11.6 Å². The van der Waals surface area contributed by atoms with Crippen LogP contribution in [0.1, 0.15) is 0 Å². The molecule has 2 N–H and O–H groups in total. The van der Waals surface area contributed by atoms with Gasteiger partial charge >= 0.3 is 0 Å². The molecule has 1 aromatic heterocycles. The lowest BCUT2D eigenvalue weighted by Gasteiger charge is -2.08. The average molecular weight is 245 g/mol. The van der Waals surface area contributed by atoms with Gasteiger partial charge in [-0.25, -0.2) is 13.8 Å². The fraction of sp³-hybridized carbons (Fsp3) is 0. The van der Waals surface area contributed by atoms with E-state index >= 15 is 0 Å². The molecule has 0 saturated heterocycles. The Morgan fingerprint density at radius 1 is 0.944 bits per heavy atom. The topological polar surface area (TPSA) is 43.8 Å². The molecule has 3 rings (SSSR count). The Balaban J connectivity index is 2.42. The Bertz CT molecular complexity index is 714. The number of anilines is 1. The average Bonchev–Trinajstić information content (AvgIpc) is 2.66. The normalized spacial score (nSPS) is 11.0. The second-order valence-electron chi connectivity index (χ2n) is 3.86. The molecule has 3 nitrogen and oxygen atoms in total. The van der Waals surface area contributed by atoms with Crippen LogP contribution in [0.5, 0.6) is 0 Å². The number of imidazole rings is 1. The van der Waals surface area contributed by atoms with E-state index in [4.69, 9.17) is 5.73 Å². The number of aromatic nitrogens is 2. The van der Waals surface area contributed by atoms with Crippen LogP contribution in [-0.4, -0.2) is 9.55 Å². The maximum Gasteiger partial charge on any atom is 0.206 e. The van der Waals surface area contributed by atoms with Gasteiger partial charge < -0.3 is 5.73 Å². The third-order valence-corrected chi connectivity index (χ3v) is 2.75. The summed E-state index contributed by atoms with van der Waals surface area (Å²) in [6.45, 7) is 0. The van der Waals surface area contributed by atoms with E-state index in [9.17, 15) is 8.78 Å². The van der Waals surface area contributed by atoms with Crippen LogP contribution in [0.3, 0.4) is 0 Å². The fourth-order valence-electron chi connectivity index (χ4n) is 1.98. The number of para-hydroxylation sites is 3. The van der Waals surface area contributed by atoms with Crippen molar-refractivity contribution in [2.75, 3.05) is 5.73 Å². The first-order valence-electron chi connectivity index (χ1n) is 5.36. The van der Waals surface area contributed by atoms with Gasteiger partial charge in [-0.1, -0.05) is 18.2 Å². The van der Waals surface area contributed by atoms with Crippen molar-refractivity contribution in [2.24, 2.45) is 0 Å². The molecule has 3 aromatic rings. The molecule has 0 amide bonds. The van der Waals surface area contributed by atoms with Crippen LogP contribution in [0.25, 0.3) is 16.7 Å². The van der Waals surface area contributed by atoms with Crippen LogP contribution in [-0.2, 0) is 0 Å². The summed E-state index contributed by atoms with van der Waals surface area (Å²) in [5.74, 6) is -1.30. The SMILES string of the molecule is Nc1nc2ccccc2n1-c1c(F)cccc1F. The molecule has 2 aromatic carbocycles. The molecule has 18 heavy (non-hydrogen) atoms. The monoisotopic (exact) mass is 245 g/mol. The predicted octanol–water partition coefficient (Wildman–Crippen LogP) is 2.89. The molecular weight excluding hydrogens is 236 g/mol. The first-order valence-corrected chi connectivity index (χ1v) is 5.36. The van der Waals surface area contributed by atoms with E-state index in [1.54, 1.807) is 24.3 Å². The molecule has 0 spiro atoms. The highest BCUT2D eigenvalue weighted by Gasteiger charge is 2.16. The molecular formula is C13H9F2N3. The van der Waals surface area contributed by atoms with Crippen molar-refractivity contribution in [3.8, 4) is 5.69 Å². The maximum atomic E-state index is 13.8. The van der Waals surface area contributed by atoms with Gasteiger partial charge in [-0.2, -0.15) is 0 Å². The zero-order valence-electron chi connectivity index (χ0n) is 9.27. The minimum absolute atomic E-state index is 0.0557. The van der Waals surface area contributed by atoms with E-state index in [1.165, 1.54) is 22.8 Å². The van der Waals surface area contributed by atoms with Gasteiger partial charge in [-0.05, 0) is 24.3 Å². The molecule has 5 heteroatoms. The van der Waals surface area contributed by atoms with Crippen molar-refractivity contribution in [1.29, 1.82) is 0 Å². The highest BCUT2D eigenvalue weighted by Crippen LogP contribution is 2.26. The van der Waals surface area contributed by atoms with Gasteiger partial charge in [0.05, 0.1) is 11.0 Å². The Morgan fingerprint density at radius 2 is 1.61 bits per heavy atom. The molecule has 0 aliphatic rings. The number of rotatable bonds is 1. The van der Waals surface area contributed by atoms with Crippen LogP contribution in [0.4, 0.5) is 14.7 Å². The molecule has 0 fully saturated rings. The van der Waals surface area contributed by atoms with E-state index in [1.807, 2.05) is 0 Å². The van der Waals surface area contributed by atoms with Crippen molar-refractivity contribution in [2.45, 2.75) is 0 Å². The summed E-state index contributed by atoms with van der Waals surface area (Å²) in [7, 11) is 0. The van der Waals surface area contributed by atoms with Gasteiger partial charge in [0.1, 0.15) is 17.3 Å². The molecule has 0 aliphatic heterocycles. The second kappa shape index (κ2) is 3.80. The highest BCUT2D eigenvalue weighted by atomic mass is 19.1. The van der Waals surface area contributed by atoms with E-state index in [2.05, 4.69) is 4.98 Å². The number of hydrogen-bond acceptors (Lipinski definition) is 2. The van der Waals surface area contributed by atoms with Gasteiger partial charge in [-0.3, -0.25) is 4.57 Å². The summed E-state index contributed by atoms with van der Waals surface area (Å²) < 4.78 is 28.8. The lowest BCUT2D eigenvalue weighted by atomic mass is 10.2. The smallest absolute Gasteiger partial charge is 0.206 e. The number of benzene rings is 2. The lowest BCUT2D eigenvalue weighted by molar-refractivity contribution is 0.572. The minimum atomic E-state index is -0.676. The molecule has 0 radical (unpaired) electrons. The van der Waals surface area contributed by atoms with Gasteiger partial charge in [-0.15, -0.1) is 0 Å². The van der Waals surface area contributed by atoms with Gasteiger partial charge in [0, 0.05) is 0 Å². The van der Waals surface area contributed by atoms with Crippen molar-refractivity contribution in [3.63, 3.8) is 0 Å². The summed E-state index contributed by atoms with van der Waals surface area (Å²) in [5.41, 5.74) is 6.70. The Labute approximate surface area is 101 Å². The van der Waals surface area contributed by atoms with Crippen LogP contribution < -0.4 is 5.73 Å². The first kappa shape index (κ1) is 10.7. The van der Waals surface area contributed by atoms with Gasteiger partial charge in [0.25, 0.3) is 0 Å².